The van der Waals surface area contributed by atoms with Gasteiger partial charge in [0.15, 0.2) is 0 Å². The normalized spacial score (nSPS) is 18.1. The molecule has 1 aromatic rings. The Morgan fingerprint density at radius 3 is 2.19 bits per heavy atom. The molecule has 31 heavy (non-hydrogen) atoms. The second kappa shape index (κ2) is 12.5. The number of likely N-dealkylation sites (tertiary alicyclic amines) is 1. The molecule has 0 saturated carbocycles. The summed E-state index contributed by atoms with van der Waals surface area (Å²) >= 11 is 0. The summed E-state index contributed by atoms with van der Waals surface area (Å²) in [7, 11) is 0. The van der Waals surface area contributed by atoms with Crippen molar-refractivity contribution in [1.82, 2.24) is 10.2 Å². The number of ether oxygens (including phenoxy) is 2. The van der Waals surface area contributed by atoms with Crippen LogP contribution in [0, 0.1) is 5.92 Å². The minimum absolute atomic E-state index is 0.198. The maximum atomic E-state index is 12.1. The van der Waals surface area contributed by atoms with E-state index in [1.807, 2.05) is 35.2 Å². The highest BCUT2D eigenvalue weighted by atomic mass is 19.4. The van der Waals surface area contributed by atoms with E-state index in [0.717, 1.165) is 64.0 Å². The van der Waals surface area contributed by atoms with Gasteiger partial charge in [-0.05, 0) is 50.3 Å². The molecule has 2 aliphatic rings. The van der Waals surface area contributed by atoms with E-state index in [2.05, 4.69) is 5.32 Å². The molecule has 0 unspecified atom stereocenters. The van der Waals surface area contributed by atoms with Gasteiger partial charge in [0.05, 0.1) is 6.10 Å². The van der Waals surface area contributed by atoms with E-state index in [-0.39, 0.29) is 6.09 Å². The molecule has 0 aromatic heterocycles. The number of nitrogens with zero attached hydrogens (tertiary/aromatic N) is 1. The number of carboxylic acids is 1. The van der Waals surface area contributed by atoms with Gasteiger partial charge >= 0.3 is 18.2 Å². The molecule has 2 saturated heterocycles. The zero-order valence-corrected chi connectivity index (χ0v) is 17.3. The number of benzene rings is 1. The quantitative estimate of drug-likeness (QED) is 0.721. The van der Waals surface area contributed by atoms with Crippen molar-refractivity contribution < 1.29 is 37.3 Å². The van der Waals surface area contributed by atoms with Crippen molar-refractivity contribution >= 4 is 12.1 Å². The van der Waals surface area contributed by atoms with E-state index in [9.17, 15) is 18.0 Å². The zero-order valence-electron chi connectivity index (χ0n) is 17.3. The second-order valence-corrected chi connectivity index (χ2v) is 7.56. The van der Waals surface area contributed by atoms with Crippen LogP contribution in [0.4, 0.5) is 18.0 Å². The van der Waals surface area contributed by atoms with Crippen molar-refractivity contribution in [2.45, 2.75) is 44.6 Å². The first-order valence-corrected chi connectivity index (χ1v) is 10.3. The Morgan fingerprint density at radius 1 is 1.06 bits per heavy atom. The SMILES string of the molecule is O=C(O)C(F)(F)F.O=C(OCc1ccccc1)N1CCC(COC2CCNCC2)CC1. The number of amides is 1. The van der Waals surface area contributed by atoms with E-state index in [4.69, 9.17) is 19.4 Å². The van der Waals surface area contributed by atoms with Crippen molar-refractivity contribution in [2.24, 2.45) is 5.92 Å². The largest absolute Gasteiger partial charge is 0.490 e. The molecule has 2 fully saturated rings. The number of alkyl halides is 3. The maximum absolute atomic E-state index is 12.1. The van der Waals surface area contributed by atoms with E-state index in [1.54, 1.807) is 0 Å². The number of piperidine rings is 2. The second-order valence-electron chi connectivity index (χ2n) is 7.56. The predicted molar refractivity (Wildman–Crippen MR) is 106 cm³/mol. The summed E-state index contributed by atoms with van der Waals surface area (Å²) in [4.78, 5) is 22.9. The number of carbonyl (C=O) groups is 2. The lowest BCUT2D eigenvalue weighted by molar-refractivity contribution is -0.192. The van der Waals surface area contributed by atoms with E-state index >= 15 is 0 Å². The number of nitrogens with one attached hydrogen (secondary N) is 1. The van der Waals surface area contributed by atoms with Crippen LogP contribution in [0.15, 0.2) is 30.3 Å². The number of aliphatic carboxylic acids is 1. The Bertz CT molecular complexity index is 673. The molecule has 0 spiro atoms. The van der Waals surface area contributed by atoms with Crippen molar-refractivity contribution in [3.8, 4) is 0 Å². The van der Waals surface area contributed by atoms with Gasteiger partial charge in [-0.25, -0.2) is 9.59 Å². The van der Waals surface area contributed by atoms with Gasteiger partial charge in [-0.2, -0.15) is 13.2 Å². The number of carboxylic acid groups (broad SMARTS) is 1. The van der Waals surface area contributed by atoms with Gasteiger partial charge in [0.25, 0.3) is 0 Å². The summed E-state index contributed by atoms with van der Waals surface area (Å²) < 4.78 is 43.2. The van der Waals surface area contributed by atoms with Gasteiger partial charge in [0.1, 0.15) is 6.61 Å². The molecule has 2 aliphatic heterocycles. The highest BCUT2D eigenvalue weighted by Crippen LogP contribution is 2.20. The fraction of sp³-hybridized carbons (Fsp3) is 0.619. The Hall–Kier alpha value is -2.33. The van der Waals surface area contributed by atoms with Crippen LogP contribution in [-0.2, 0) is 20.9 Å². The number of rotatable bonds is 5. The molecule has 0 bridgehead atoms. The molecule has 3 rings (SSSR count). The average molecular weight is 446 g/mol. The monoisotopic (exact) mass is 446 g/mol. The van der Waals surface area contributed by atoms with Gasteiger partial charge in [-0.15, -0.1) is 0 Å². The smallest absolute Gasteiger partial charge is 0.475 e. The standard InChI is InChI=1S/C19H28N2O3.C2HF3O2/c22-19(24-15-16-4-2-1-3-5-16)21-12-8-17(9-13-21)14-23-18-6-10-20-11-7-18;3-2(4,5)1(6)7/h1-5,17-18,20H,6-15H2;(H,6,7). The highest BCUT2D eigenvalue weighted by molar-refractivity contribution is 5.73. The molecule has 10 heteroatoms. The molecule has 0 atom stereocenters. The molecule has 1 aromatic carbocycles. The summed E-state index contributed by atoms with van der Waals surface area (Å²) in [5, 5.41) is 10.5. The summed E-state index contributed by atoms with van der Waals surface area (Å²) in [6, 6.07) is 9.81. The van der Waals surface area contributed by atoms with E-state index in [1.165, 1.54) is 0 Å². The summed E-state index contributed by atoms with van der Waals surface area (Å²) in [6.07, 6.45) is -0.622. The van der Waals surface area contributed by atoms with E-state index < -0.39 is 12.1 Å². The van der Waals surface area contributed by atoms with Crippen molar-refractivity contribution in [2.75, 3.05) is 32.8 Å². The van der Waals surface area contributed by atoms with Gasteiger partial charge < -0.3 is 24.8 Å². The molecule has 2 heterocycles. The molecular formula is C21H29F3N2O5. The highest BCUT2D eigenvalue weighted by Gasteiger charge is 2.38. The minimum atomic E-state index is -5.08. The first-order valence-electron chi connectivity index (χ1n) is 10.3. The van der Waals surface area contributed by atoms with Crippen LogP contribution in [-0.4, -0.2) is 67.1 Å². The average Bonchev–Trinajstić information content (AvgIpc) is 2.77. The molecule has 2 N–H and O–H groups in total. The van der Waals surface area contributed by atoms with E-state index in [0.29, 0.717) is 18.6 Å². The Kier molecular flexibility index (Phi) is 10.1. The number of hydrogen-bond acceptors (Lipinski definition) is 5. The lowest BCUT2D eigenvalue weighted by atomic mass is 9.98. The lowest BCUT2D eigenvalue weighted by Crippen LogP contribution is -2.40. The van der Waals surface area contributed by atoms with Gasteiger partial charge in [-0.1, -0.05) is 30.3 Å². The molecule has 7 nitrogen and oxygen atoms in total. The summed E-state index contributed by atoms with van der Waals surface area (Å²) in [5.41, 5.74) is 1.02. The van der Waals surface area contributed by atoms with Crippen LogP contribution in [0.5, 0.6) is 0 Å². The Morgan fingerprint density at radius 2 is 1.65 bits per heavy atom. The summed E-state index contributed by atoms with van der Waals surface area (Å²) in [6.45, 7) is 4.85. The molecular weight excluding hydrogens is 417 g/mol. The van der Waals surface area contributed by atoms with Crippen LogP contribution >= 0.6 is 0 Å². The predicted octanol–water partition coefficient (Wildman–Crippen LogP) is 3.44. The van der Waals surface area contributed by atoms with Crippen molar-refractivity contribution in [1.29, 1.82) is 0 Å². The first-order chi connectivity index (χ1) is 14.8. The van der Waals surface area contributed by atoms with Gasteiger partial charge in [-0.3, -0.25) is 0 Å². The first kappa shape index (κ1) is 24.9. The third-order valence-corrected chi connectivity index (χ3v) is 5.17. The van der Waals surface area contributed by atoms with Crippen LogP contribution in [0.2, 0.25) is 0 Å². The lowest BCUT2D eigenvalue weighted by Gasteiger charge is -2.32. The third kappa shape index (κ3) is 9.56. The molecule has 0 radical (unpaired) electrons. The van der Waals surface area contributed by atoms with Crippen LogP contribution in [0.1, 0.15) is 31.2 Å². The van der Waals surface area contributed by atoms with Crippen molar-refractivity contribution in [3.05, 3.63) is 35.9 Å². The molecule has 174 valence electrons. The zero-order chi connectivity index (χ0) is 22.7. The topological polar surface area (TPSA) is 88.1 Å². The van der Waals surface area contributed by atoms with Crippen LogP contribution in [0.3, 0.4) is 0 Å². The third-order valence-electron chi connectivity index (χ3n) is 5.17. The molecule has 1 amide bonds. The Balaban J connectivity index is 0.000000423. The fourth-order valence-corrected chi connectivity index (χ4v) is 3.33. The number of halogens is 3. The van der Waals surface area contributed by atoms with Gasteiger partial charge in [0.2, 0.25) is 0 Å². The van der Waals surface area contributed by atoms with Crippen LogP contribution < -0.4 is 5.32 Å². The van der Waals surface area contributed by atoms with Crippen molar-refractivity contribution in [3.63, 3.8) is 0 Å². The van der Waals surface area contributed by atoms with Gasteiger partial charge in [0, 0.05) is 19.7 Å². The number of carbonyl (C=O) groups excluding carboxylic acids is 1. The minimum Gasteiger partial charge on any atom is -0.475 e. The van der Waals surface area contributed by atoms with Crippen LogP contribution in [0.25, 0.3) is 0 Å². The summed E-state index contributed by atoms with van der Waals surface area (Å²) in [5.74, 6) is -2.19. The maximum Gasteiger partial charge on any atom is 0.490 e. The molecule has 0 aliphatic carbocycles. The number of hydrogen-bond donors (Lipinski definition) is 2. The fourth-order valence-electron chi connectivity index (χ4n) is 3.33. The Labute approximate surface area is 179 Å².